The zero-order valence-electron chi connectivity index (χ0n) is 10.7. The number of rotatable bonds is 6. The third-order valence-electron chi connectivity index (χ3n) is 2.68. The van der Waals surface area contributed by atoms with Crippen LogP contribution in [0.1, 0.15) is 19.7 Å². The summed E-state index contributed by atoms with van der Waals surface area (Å²) in [5, 5.41) is 0.125. The number of aromatic amines is 1. The van der Waals surface area contributed by atoms with E-state index in [2.05, 4.69) is 14.7 Å². The van der Waals surface area contributed by atoms with Crippen molar-refractivity contribution in [1.29, 1.82) is 0 Å². The molecule has 1 heterocycles. The van der Waals surface area contributed by atoms with Gasteiger partial charge in [0.25, 0.3) is 10.0 Å². The lowest BCUT2D eigenvalue weighted by atomic mass is 10.3. The number of hydrogen-bond acceptors (Lipinski definition) is 4. The van der Waals surface area contributed by atoms with Crippen LogP contribution in [0.2, 0.25) is 0 Å². The maximum atomic E-state index is 11.9. The highest BCUT2D eigenvalue weighted by atomic mass is 32.2. The van der Waals surface area contributed by atoms with Crippen LogP contribution in [-0.4, -0.2) is 50.0 Å². The number of imidazole rings is 1. The van der Waals surface area contributed by atoms with Gasteiger partial charge in [-0.3, -0.25) is 0 Å². The Morgan fingerprint density at radius 3 is 2.65 bits per heavy atom. The van der Waals surface area contributed by atoms with Gasteiger partial charge in [-0.05, 0) is 21.0 Å². The molecule has 6 nitrogen and oxygen atoms in total. The second-order valence-electron chi connectivity index (χ2n) is 4.21. The molecular weight excluding hydrogens is 240 g/mol. The fraction of sp³-hybridized carbons (Fsp3) is 0.700. The first-order valence-electron chi connectivity index (χ1n) is 5.56. The van der Waals surface area contributed by atoms with Crippen LogP contribution in [0.5, 0.6) is 0 Å². The topological polar surface area (TPSA) is 78.1 Å². The van der Waals surface area contributed by atoms with Gasteiger partial charge in [0, 0.05) is 19.0 Å². The molecule has 1 aromatic heterocycles. The van der Waals surface area contributed by atoms with E-state index in [1.54, 1.807) is 0 Å². The normalized spacial score (nSPS) is 14.2. The number of nitrogens with one attached hydrogen (secondary N) is 2. The largest absolute Gasteiger partial charge is 0.332 e. The standard InChI is InChI=1S/C10H20N4O2S/c1-5-9-11-7-10(13-9)17(15,16)12-6-8(2)14(3)4/h7-8,12H,5-6H2,1-4H3,(H,11,13). The van der Waals surface area contributed by atoms with Gasteiger partial charge in [0.2, 0.25) is 0 Å². The van der Waals surface area contributed by atoms with Crippen LogP contribution in [0, 0.1) is 0 Å². The molecule has 0 radical (unpaired) electrons. The molecule has 1 aromatic rings. The number of H-pyrrole nitrogens is 1. The monoisotopic (exact) mass is 260 g/mol. The van der Waals surface area contributed by atoms with Crippen molar-refractivity contribution < 1.29 is 8.42 Å². The number of nitrogens with zero attached hydrogens (tertiary/aromatic N) is 2. The predicted octanol–water partition coefficient (Wildman–Crippen LogP) is 0.201. The predicted molar refractivity (Wildman–Crippen MR) is 66.3 cm³/mol. The average Bonchev–Trinajstić information content (AvgIpc) is 2.75. The molecule has 0 amide bonds. The summed E-state index contributed by atoms with van der Waals surface area (Å²) in [5.41, 5.74) is 0. The van der Waals surface area contributed by atoms with Gasteiger partial charge >= 0.3 is 0 Å². The molecule has 1 rings (SSSR count). The van der Waals surface area contributed by atoms with Crippen molar-refractivity contribution in [3.8, 4) is 0 Å². The quantitative estimate of drug-likeness (QED) is 0.766. The minimum atomic E-state index is -3.47. The Morgan fingerprint density at radius 2 is 2.18 bits per heavy atom. The van der Waals surface area contributed by atoms with Crippen molar-refractivity contribution in [2.75, 3.05) is 20.6 Å². The average molecular weight is 260 g/mol. The molecule has 17 heavy (non-hydrogen) atoms. The molecule has 0 aliphatic heterocycles. The number of sulfonamides is 1. The summed E-state index contributed by atoms with van der Waals surface area (Å²) in [6, 6.07) is 0.137. The maximum Gasteiger partial charge on any atom is 0.257 e. The van der Waals surface area contributed by atoms with Crippen molar-refractivity contribution >= 4 is 10.0 Å². The summed E-state index contributed by atoms with van der Waals surface area (Å²) in [4.78, 5) is 8.71. The van der Waals surface area contributed by atoms with Crippen LogP contribution < -0.4 is 4.72 Å². The molecule has 0 aliphatic rings. The van der Waals surface area contributed by atoms with E-state index in [0.29, 0.717) is 18.8 Å². The first-order chi connectivity index (χ1) is 7.86. The van der Waals surface area contributed by atoms with Crippen molar-refractivity contribution in [3.63, 3.8) is 0 Å². The highest BCUT2D eigenvalue weighted by molar-refractivity contribution is 7.89. The third-order valence-corrected chi connectivity index (χ3v) is 4.01. The molecule has 0 fully saturated rings. The number of hydrogen-bond donors (Lipinski definition) is 2. The van der Waals surface area contributed by atoms with Gasteiger partial charge < -0.3 is 9.88 Å². The van der Waals surface area contributed by atoms with E-state index in [4.69, 9.17) is 0 Å². The van der Waals surface area contributed by atoms with Gasteiger partial charge in [-0.1, -0.05) is 6.92 Å². The molecule has 0 saturated heterocycles. The van der Waals surface area contributed by atoms with Crippen molar-refractivity contribution in [1.82, 2.24) is 19.6 Å². The first-order valence-corrected chi connectivity index (χ1v) is 7.05. The summed E-state index contributed by atoms with van der Waals surface area (Å²) in [7, 11) is 0.341. The van der Waals surface area contributed by atoms with Crippen LogP contribution in [0.25, 0.3) is 0 Å². The Bertz CT molecular complexity index is 453. The van der Waals surface area contributed by atoms with E-state index in [0.717, 1.165) is 0 Å². The molecule has 1 unspecified atom stereocenters. The fourth-order valence-corrected chi connectivity index (χ4v) is 2.21. The highest BCUT2D eigenvalue weighted by Crippen LogP contribution is 2.06. The summed E-state index contributed by atoms with van der Waals surface area (Å²) in [6.07, 6.45) is 2.03. The van der Waals surface area contributed by atoms with E-state index in [-0.39, 0.29) is 11.1 Å². The molecule has 0 bridgehead atoms. The van der Waals surface area contributed by atoms with Gasteiger partial charge in [-0.15, -0.1) is 0 Å². The van der Waals surface area contributed by atoms with Crippen LogP contribution in [0.4, 0.5) is 0 Å². The summed E-state index contributed by atoms with van der Waals surface area (Å²) < 4.78 is 26.3. The number of likely N-dealkylation sites (N-methyl/N-ethyl adjacent to an activating group) is 1. The van der Waals surface area contributed by atoms with E-state index < -0.39 is 10.0 Å². The Balaban J connectivity index is 2.69. The molecule has 2 N–H and O–H groups in total. The van der Waals surface area contributed by atoms with Gasteiger partial charge in [0.1, 0.15) is 5.82 Å². The molecular formula is C10H20N4O2S. The van der Waals surface area contributed by atoms with Gasteiger partial charge in [-0.25, -0.2) is 18.1 Å². The zero-order valence-corrected chi connectivity index (χ0v) is 11.5. The first kappa shape index (κ1) is 14.1. The van der Waals surface area contributed by atoms with Crippen LogP contribution in [0.15, 0.2) is 11.2 Å². The Hall–Kier alpha value is -0.920. The van der Waals surface area contributed by atoms with Gasteiger partial charge in [0.05, 0.1) is 6.20 Å². The Morgan fingerprint density at radius 1 is 1.53 bits per heavy atom. The highest BCUT2D eigenvalue weighted by Gasteiger charge is 2.18. The smallest absolute Gasteiger partial charge is 0.257 e. The van der Waals surface area contributed by atoms with Crippen molar-refractivity contribution in [2.24, 2.45) is 0 Å². The number of aromatic nitrogens is 2. The molecule has 0 saturated carbocycles. The van der Waals surface area contributed by atoms with E-state index in [1.165, 1.54) is 6.20 Å². The second kappa shape index (κ2) is 5.61. The molecule has 1 atom stereocenters. The summed E-state index contributed by atoms with van der Waals surface area (Å²) in [5.74, 6) is 0.672. The van der Waals surface area contributed by atoms with Crippen LogP contribution in [0.3, 0.4) is 0 Å². The molecule has 0 spiro atoms. The minimum Gasteiger partial charge on any atom is -0.332 e. The molecule has 0 aliphatic carbocycles. The Labute approximate surface area is 102 Å². The van der Waals surface area contributed by atoms with E-state index in [9.17, 15) is 8.42 Å². The lowest BCUT2D eigenvalue weighted by Crippen LogP contribution is -2.38. The molecule has 7 heteroatoms. The summed E-state index contributed by atoms with van der Waals surface area (Å²) in [6.45, 7) is 4.24. The fourth-order valence-electron chi connectivity index (χ4n) is 1.15. The van der Waals surface area contributed by atoms with Crippen LogP contribution in [-0.2, 0) is 16.4 Å². The lowest BCUT2D eigenvalue weighted by Gasteiger charge is -2.19. The molecule has 0 aromatic carbocycles. The zero-order chi connectivity index (χ0) is 13.1. The van der Waals surface area contributed by atoms with E-state index >= 15 is 0 Å². The van der Waals surface area contributed by atoms with E-state index in [1.807, 2.05) is 32.8 Å². The van der Waals surface area contributed by atoms with Crippen molar-refractivity contribution in [2.45, 2.75) is 31.3 Å². The minimum absolute atomic E-state index is 0.125. The lowest BCUT2D eigenvalue weighted by molar-refractivity contribution is 0.314. The second-order valence-corrected chi connectivity index (χ2v) is 5.95. The van der Waals surface area contributed by atoms with Gasteiger partial charge in [-0.2, -0.15) is 0 Å². The van der Waals surface area contributed by atoms with Crippen molar-refractivity contribution in [3.05, 3.63) is 12.0 Å². The maximum absolute atomic E-state index is 11.9. The number of aryl methyl sites for hydroxylation is 1. The Kier molecular flexibility index (Phi) is 4.67. The van der Waals surface area contributed by atoms with Crippen LogP contribution >= 0.6 is 0 Å². The summed E-state index contributed by atoms with van der Waals surface area (Å²) >= 11 is 0. The third kappa shape index (κ3) is 3.79. The van der Waals surface area contributed by atoms with Gasteiger partial charge in [0.15, 0.2) is 5.03 Å². The SMILES string of the molecule is CCc1ncc(S(=O)(=O)NCC(C)N(C)C)[nH]1. The molecule has 98 valence electrons.